The first-order chi connectivity index (χ1) is 9.22. The smallest absolute Gasteiger partial charge is 0.162 e. The van der Waals surface area contributed by atoms with Gasteiger partial charge >= 0.3 is 0 Å². The molecule has 0 saturated heterocycles. The van der Waals surface area contributed by atoms with Gasteiger partial charge in [0, 0.05) is 29.0 Å². The molecule has 104 valence electrons. The van der Waals surface area contributed by atoms with Gasteiger partial charge in [-0.2, -0.15) is 11.8 Å². The van der Waals surface area contributed by atoms with Gasteiger partial charge in [-0.1, -0.05) is 13.8 Å². The lowest BCUT2D eigenvalue weighted by Crippen LogP contribution is -2.16. The van der Waals surface area contributed by atoms with Crippen molar-refractivity contribution in [2.75, 3.05) is 11.1 Å². The number of carbonyl (C=O) groups is 1. The maximum atomic E-state index is 11.6. The van der Waals surface area contributed by atoms with Crippen molar-refractivity contribution in [1.82, 2.24) is 0 Å². The van der Waals surface area contributed by atoms with Gasteiger partial charge in [0.1, 0.15) is 0 Å². The number of ketones is 1. The molecule has 0 bridgehead atoms. The number of hydrogen-bond acceptors (Lipinski definition) is 3. The summed E-state index contributed by atoms with van der Waals surface area (Å²) in [6, 6.07) is 8.52. The molecule has 0 aromatic heterocycles. The zero-order valence-electron chi connectivity index (χ0n) is 11.8. The van der Waals surface area contributed by atoms with Crippen LogP contribution >= 0.6 is 11.8 Å². The number of anilines is 1. The summed E-state index contributed by atoms with van der Waals surface area (Å²) in [5, 5.41) is 4.41. The van der Waals surface area contributed by atoms with E-state index in [1.54, 1.807) is 0 Å². The molecule has 1 N–H and O–H groups in total. The van der Waals surface area contributed by atoms with E-state index >= 15 is 0 Å². The molecule has 2 rings (SSSR count). The lowest BCUT2D eigenvalue weighted by Gasteiger charge is -2.14. The molecule has 2 unspecified atom stereocenters. The van der Waals surface area contributed by atoms with E-state index in [9.17, 15) is 4.79 Å². The fourth-order valence-corrected chi connectivity index (χ4v) is 3.79. The average molecular weight is 277 g/mol. The van der Waals surface area contributed by atoms with Gasteiger partial charge in [-0.05, 0) is 49.3 Å². The van der Waals surface area contributed by atoms with Crippen LogP contribution in [0.4, 0.5) is 5.69 Å². The molecule has 2 atom stereocenters. The van der Waals surface area contributed by atoms with Gasteiger partial charge in [0.15, 0.2) is 5.78 Å². The normalized spacial score (nSPS) is 22.4. The van der Waals surface area contributed by atoms with Crippen LogP contribution < -0.4 is 5.32 Å². The lowest BCUT2D eigenvalue weighted by molar-refractivity contribution is 0.0988. The molecule has 1 aliphatic rings. The second-order valence-electron chi connectivity index (χ2n) is 5.09. The fourth-order valence-electron chi connectivity index (χ4n) is 2.65. The standard InChI is InChI=1S/C16H23NOS/c1-3-16(18)12-5-7-13(8-6-12)17-14-9-10-15(11-14)19-4-2/h5-8,14-15,17H,3-4,9-11H2,1-2H3. The van der Waals surface area contributed by atoms with Crippen molar-refractivity contribution >= 4 is 23.2 Å². The first kappa shape index (κ1) is 14.4. The van der Waals surface area contributed by atoms with Crippen molar-refractivity contribution in [2.24, 2.45) is 0 Å². The van der Waals surface area contributed by atoms with Gasteiger partial charge in [-0.3, -0.25) is 4.79 Å². The van der Waals surface area contributed by atoms with Crippen LogP contribution in [0.3, 0.4) is 0 Å². The van der Waals surface area contributed by atoms with Crippen molar-refractivity contribution < 1.29 is 4.79 Å². The van der Waals surface area contributed by atoms with Crippen LogP contribution in [-0.4, -0.2) is 22.8 Å². The third-order valence-corrected chi connectivity index (χ3v) is 4.92. The highest BCUT2D eigenvalue weighted by atomic mass is 32.2. The number of Topliss-reactive ketones (excluding diaryl/α,β-unsaturated/α-hetero) is 1. The summed E-state index contributed by atoms with van der Waals surface area (Å²) in [5.74, 6) is 1.43. The van der Waals surface area contributed by atoms with E-state index in [2.05, 4.69) is 24.0 Å². The molecule has 0 heterocycles. The quantitative estimate of drug-likeness (QED) is 0.783. The molecule has 0 aliphatic heterocycles. The van der Waals surface area contributed by atoms with Crippen molar-refractivity contribution in [3.05, 3.63) is 29.8 Å². The van der Waals surface area contributed by atoms with Crippen molar-refractivity contribution in [1.29, 1.82) is 0 Å². The number of nitrogens with one attached hydrogen (secondary N) is 1. The first-order valence-corrected chi connectivity index (χ1v) is 8.29. The highest BCUT2D eigenvalue weighted by molar-refractivity contribution is 7.99. The Labute approximate surface area is 120 Å². The lowest BCUT2D eigenvalue weighted by atomic mass is 10.1. The fraction of sp³-hybridized carbons (Fsp3) is 0.562. The molecular weight excluding hydrogens is 254 g/mol. The summed E-state index contributed by atoms with van der Waals surface area (Å²) in [6.45, 7) is 4.13. The monoisotopic (exact) mass is 277 g/mol. The van der Waals surface area contributed by atoms with Crippen molar-refractivity contribution in [2.45, 2.75) is 50.8 Å². The Balaban J connectivity index is 1.88. The largest absolute Gasteiger partial charge is 0.382 e. The molecule has 3 heteroatoms. The molecule has 0 radical (unpaired) electrons. The van der Waals surface area contributed by atoms with E-state index in [1.165, 1.54) is 25.0 Å². The summed E-state index contributed by atoms with van der Waals surface area (Å²) in [5.41, 5.74) is 1.96. The molecule has 1 aromatic rings. The van der Waals surface area contributed by atoms with Crippen molar-refractivity contribution in [3.63, 3.8) is 0 Å². The van der Waals surface area contributed by atoms with Gasteiger partial charge in [0.05, 0.1) is 0 Å². The third-order valence-electron chi connectivity index (χ3n) is 3.69. The van der Waals surface area contributed by atoms with E-state index in [-0.39, 0.29) is 5.78 Å². The predicted octanol–water partition coefficient (Wildman–Crippen LogP) is 4.37. The molecule has 1 saturated carbocycles. The number of benzene rings is 1. The zero-order valence-corrected chi connectivity index (χ0v) is 12.6. The van der Waals surface area contributed by atoms with Crippen molar-refractivity contribution in [3.8, 4) is 0 Å². The van der Waals surface area contributed by atoms with E-state index in [4.69, 9.17) is 0 Å². The van der Waals surface area contributed by atoms with Gasteiger partial charge in [0.25, 0.3) is 0 Å². The van der Waals surface area contributed by atoms with Crippen LogP contribution in [0.1, 0.15) is 49.9 Å². The van der Waals surface area contributed by atoms with E-state index in [0.717, 1.165) is 16.5 Å². The molecule has 19 heavy (non-hydrogen) atoms. The molecule has 1 fully saturated rings. The van der Waals surface area contributed by atoms with E-state index in [1.807, 2.05) is 31.2 Å². The number of rotatable bonds is 6. The molecule has 1 aromatic carbocycles. The van der Waals surface area contributed by atoms with Gasteiger partial charge < -0.3 is 5.32 Å². The molecule has 2 nitrogen and oxygen atoms in total. The SMILES string of the molecule is CCSC1CCC(Nc2ccc(C(=O)CC)cc2)C1. The summed E-state index contributed by atoms with van der Waals surface area (Å²) in [7, 11) is 0. The average Bonchev–Trinajstić information content (AvgIpc) is 2.86. The maximum Gasteiger partial charge on any atom is 0.162 e. The van der Waals surface area contributed by atoms with Crippen LogP contribution in [0.25, 0.3) is 0 Å². The number of carbonyl (C=O) groups excluding carboxylic acids is 1. The highest BCUT2D eigenvalue weighted by Gasteiger charge is 2.24. The summed E-state index contributed by atoms with van der Waals surface area (Å²) < 4.78 is 0. The molecule has 0 amide bonds. The van der Waals surface area contributed by atoms with Gasteiger partial charge in [-0.25, -0.2) is 0 Å². The minimum absolute atomic E-state index is 0.215. The van der Waals surface area contributed by atoms with Crippen LogP contribution in [0.5, 0.6) is 0 Å². The maximum absolute atomic E-state index is 11.6. The Hall–Kier alpha value is -0.960. The highest BCUT2D eigenvalue weighted by Crippen LogP contribution is 2.31. The molecule has 1 aliphatic carbocycles. The number of hydrogen-bond donors (Lipinski definition) is 1. The van der Waals surface area contributed by atoms with E-state index in [0.29, 0.717) is 12.5 Å². The van der Waals surface area contributed by atoms with E-state index < -0.39 is 0 Å². The topological polar surface area (TPSA) is 29.1 Å². The second-order valence-corrected chi connectivity index (χ2v) is 6.66. The minimum Gasteiger partial charge on any atom is -0.382 e. The van der Waals surface area contributed by atoms with Crippen LogP contribution in [0.2, 0.25) is 0 Å². The summed E-state index contributed by atoms with van der Waals surface area (Å²) >= 11 is 2.08. The molecule has 0 spiro atoms. The zero-order chi connectivity index (χ0) is 13.7. The van der Waals surface area contributed by atoms with Crippen LogP contribution in [0.15, 0.2) is 24.3 Å². The van der Waals surface area contributed by atoms with Gasteiger partial charge in [0.2, 0.25) is 0 Å². The van der Waals surface area contributed by atoms with Crippen LogP contribution in [-0.2, 0) is 0 Å². The third kappa shape index (κ3) is 4.00. The second kappa shape index (κ2) is 6.99. The first-order valence-electron chi connectivity index (χ1n) is 7.24. The Morgan fingerprint density at radius 3 is 2.63 bits per heavy atom. The Morgan fingerprint density at radius 2 is 2.00 bits per heavy atom. The Bertz CT molecular complexity index is 415. The Morgan fingerprint density at radius 1 is 1.26 bits per heavy atom. The number of thioether (sulfide) groups is 1. The predicted molar refractivity (Wildman–Crippen MR) is 84.2 cm³/mol. The minimum atomic E-state index is 0.215. The summed E-state index contributed by atoms with van der Waals surface area (Å²) in [6.07, 6.45) is 4.41. The molecular formula is C16H23NOS. The van der Waals surface area contributed by atoms with Gasteiger partial charge in [-0.15, -0.1) is 0 Å². The van der Waals surface area contributed by atoms with Crippen LogP contribution in [0, 0.1) is 0 Å². The summed E-state index contributed by atoms with van der Waals surface area (Å²) in [4.78, 5) is 11.6. The Kier molecular flexibility index (Phi) is 5.32.